The number of aromatic nitrogens is 2. The molecule has 0 fully saturated rings. The first-order chi connectivity index (χ1) is 13.3. The lowest BCUT2D eigenvalue weighted by Gasteiger charge is -2.22. The topological polar surface area (TPSA) is 84.0 Å². The lowest BCUT2D eigenvalue weighted by Crippen LogP contribution is -2.30. The molecule has 29 heavy (non-hydrogen) atoms. The van der Waals surface area contributed by atoms with E-state index in [9.17, 15) is 9.59 Å². The summed E-state index contributed by atoms with van der Waals surface area (Å²) in [5.41, 5.74) is 1.07. The van der Waals surface area contributed by atoms with Gasteiger partial charge in [-0.25, -0.2) is 4.98 Å². The van der Waals surface area contributed by atoms with Gasteiger partial charge >= 0.3 is 0 Å². The molecule has 156 valence electrons. The van der Waals surface area contributed by atoms with Crippen LogP contribution in [0.3, 0.4) is 0 Å². The van der Waals surface area contributed by atoms with Crippen molar-refractivity contribution < 1.29 is 9.59 Å². The zero-order valence-corrected chi connectivity index (χ0v) is 18.9. The summed E-state index contributed by atoms with van der Waals surface area (Å²) in [6.45, 7) is 12.9. The fraction of sp³-hybridized carbons (Fsp3) is 0.455. The number of amides is 2. The highest BCUT2D eigenvalue weighted by Crippen LogP contribution is 2.33. The van der Waals surface area contributed by atoms with Crippen molar-refractivity contribution >= 4 is 35.2 Å². The van der Waals surface area contributed by atoms with Crippen molar-refractivity contribution in [3.05, 3.63) is 35.0 Å². The van der Waals surface area contributed by atoms with Crippen molar-refractivity contribution in [2.75, 3.05) is 10.6 Å². The zero-order chi connectivity index (χ0) is 22.0. The Labute approximate surface area is 177 Å². The summed E-state index contributed by atoms with van der Waals surface area (Å²) < 4.78 is 0. The molecular weight excluding hydrogens is 388 g/mol. The van der Waals surface area contributed by atoms with E-state index in [-0.39, 0.29) is 17.8 Å². The molecule has 0 aliphatic carbocycles. The van der Waals surface area contributed by atoms with Gasteiger partial charge in [-0.15, -0.1) is 0 Å². The van der Waals surface area contributed by atoms with Crippen LogP contribution in [0.15, 0.2) is 24.3 Å². The molecule has 2 rings (SSSR count). The first-order valence-corrected chi connectivity index (χ1v) is 10.0. The van der Waals surface area contributed by atoms with E-state index in [1.165, 1.54) is 0 Å². The van der Waals surface area contributed by atoms with Gasteiger partial charge in [0, 0.05) is 21.4 Å². The average molecular weight is 417 g/mol. The Bertz CT molecular complexity index is 910. The summed E-state index contributed by atoms with van der Waals surface area (Å²) in [6.07, 6.45) is 0.595. The molecule has 0 saturated carbocycles. The van der Waals surface area contributed by atoms with Gasteiger partial charge in [-0.1, -0.05) is 72.2 Å². The van der Waals surface area contributed by atoms with Gasteiger partial charge in [-0.05, 0) is 24.1 Å². The minimum Gasteiger partial charge on any atom is -0.310 e. The van der Waals surface area contributed by atoms with Crippen LogP contribution >= 0.6 is 11.6 Å². The Morgan fingerprint density at radius 1 is 0.897 bits per heavy atom. The maximum Gasteiger partial charge on any atom is 0.232 e. The highest BCUT2D eigenvalue weighted by Gasteiger charge is 2.26. The second-order valence-electron chi connectivity index (χ2n) is 8.99. The van der Waals surface area contributed by atoms with Crippen LogP contribution in [-0.2, 0) is 16.0 Å². The molecule has 0 aliphatic rings. The molecule has 7 heteroatoms. The van der Waals surface area contributed by atoms with Gasteiger partial charge in [0.15, 0.2) is 0 Å². The number of hydrogen-bond donors (Lipinski definition) is 2. The van der Waals surface area contributed by atoms with Crippen LogP contribution < -0.4 is 10.6 Å². The van der Waals surface area contributed by atoms with Crippen molar-refractivity contribution in [2.45, 2.75) is 54.9 Å². The number of carbonyl (C=O) groups is 2. The van der Waals surface area contributed by atoms with Crippen LogP contribution in [0.1, 0.15) is 54.2 Å². The highest BCUT2D eigenvalue weighted by atomic mass is 35.5. The van der Waals surface area contributed by atoms with E-state index in [1.807, 2.05) is 60.6 Å². The van der Waals surface area contributed by atoms with Crippen LogP contribution in [0, 0.1) is 10.8 Å². The first kappa shape index (κ1) is 22.8. The Hall–Kier alpha value is -2.47. The molecule has 0 unspecified atom stereocenters. The number of nitrogens with one attached hydrogen (secondary N) is 2. The molecule has 2 N–H and O–H groups in total. The average Bonchev–Trinajstić information content (AvgIpc) is 2.60. The van der Waals surface area contributed by atoms with Gasteiger partial charge in [0.25, 0.3) is 0 Å². The fourth-order valence-electron chi connectivity index (χ4n) is 2.41. The summed E-state index contributed by atoms with van der Waals surface area (Å²) in [5.74, 6) is 0.153. The molecule has 1 aromatic heterocycles. The van der Waals surface area contributed by atoms with E-state index in [1.54, 1.807) is 12.1 Å². The van der Waals surface area contributed by atoms with E-state index in [0.717, 1.165) is 16.8 Å². The summed E-state index contributed by atoms with van der Waals surface area (Å²) in [4.78, 5) is 34.1. The largest absolute Gasteiger partial charge is 0.310 e. The molecule has 0 spiro atoms. The molecule has 0 saturated heterocycles. The molecule has 0 bridgehead atoms. The lowest BCUT2D eigenvalue weighted by molar-refractivity contribution is -0.123. The van der Waals surface area contributed by atoms with E-state index in [4.69, 9.17) is 11.6 Å². The van der Waals surface area contributed by atoms with E-state index < -0.39 is 10.8 Å². The third-order valence-electron chi connectivity index (χ3n) is 4.27. The summed E-state index contributed by atoms with van der Waals surface area (Å²) in [5, 5.41) is 6.29. The monoisotopic (exact) mass is 416 g/mol. The first-order valence-electron chi connectivity index (χ1n) is 9.62. The second kappa shape index (κ2) is 8.49. The fourth-order valence-corrected chi connectivity index (χ4v) is 2.54. The van der Waals surface area contributed by atoms with Crippen molar-refractivity contribution in [3.8, 4) is 11.1 Å². The summed E-state index contributed by atoms with van der Waals surface area (Å²) in [6, 6.07) is 7.28. The Kier molecular flexibility index (Phi) is 6.68. The molecule has 0 radical (unpaired) electrons. The number of carbonyl (C=O) groups excluding carboxylic acids is 2. The molecular formula is C22H29ClN4O2. The normalized spacial score (nSPS) is 11.9. The highest BCUT2D eigenvalue weighted by molar-refractivity contribution is 6.30. The number of rotatable bonds is 4. The second-order valence-corrected chi connectivity index (χ2v) is 9.42. The minimum absolute atomic E-state index is 0.170. The van der Waals surface area contributed by atoms with E-state index in [0.29, 0.717) is 17.3 Å². The van der Waals surface area contributed by atoms with E-state index >= 15 is 0 Å². The predicted molar refractivity (Wildman–Crippen MR) is 118 cm³/mol. The zero-order valence-electron chi connectivity index (χ0n) is 18.1. The quantitative estimate of drug-likeness (QED) is 0.705. The Balaban J connectivity index is 2.62. The van der Waals surface area contributed by atoms with Gasteiger partial charge in [0.2, 0.25) is 17.8 Å². The van der Waals surface area contributed by atoms with Crippen LogP contribution in [0.25, 0.3) is 11.1 Å². The van der Waals surface area contributed by atoms with Gasteiger partial charge in [0.1, 0.15) is 5.82 Å². The van der Waals surface area contributed by atoms with Gasteiger partial charge < -0.3 is 5.32 Å². The number of anilines is 2. The molecule has 2 amide bonds. The third-order valence-corrected chi connectivity index (χ3v) is 4.52. The van der Waals surface area contributed by atoms with Crippen LogP contribution in [0.4, 0.5) is 11.8 Å². The maximum absolute atomic E-state index is 12.7. The Morgan fingerprint density at radius 2 is 1.41 bits per heavy atom. The summed E-state index contributed by atoms with van der Waals surface area (Å²) >= 11 is 6.03. The number of benzene rings is 1. The SMILES string of the molecule is CCc1nc(NC(=O)C(C)(C)C)nc(NC(=O)C(C)(C)C)c1-c1ccc(Cl)cc1. The van der Waals surface area contributed by atoms with Gasteiger partial charge in [-0.2, -0.15) is 4.98 Å². The smallest absolute Gasteiger partial charge is 0.232 e. The van der Waals surface area contributed by atoms with Crippen LogP contribution in [-0.4, -0.2) is 21.8 Å². The lowest BCUT2D eigenvalue weighted by atomic mass is 9.95. The number of hydrogen-bond acceptors (Lipinski definition) is 4. The van der Waals surface area contributed by atoms with Crippen molar-refractivity contribution in [2.24, 2.45) is 10.8 Å². The molecule has 6 nitrogen and oxygen atoms in total. The molecule has 0 aliphatic heterocycles. The summed E-state index contributed by atoms with van der Waals surface area (Å²) in [7, 11) is 0. The van der Waals surface area contributed by atoms with Gasteiger partial charge in [-0.3, -0.25) is 14.9 Å². The molecule has 0 atom stereocenters. The van der Waals surface area contributed by atoms with Crippen molar-refractivity contribution in [1.82, 2.24) is 9.97 Å². The van der Waals surface area contributed by atoms with Crippen LogP contribution in [0.5, 0.6) is 0 Å². The number of nitrogens with zero attached hydrogens (tertiary/aromatic N) is 2. The van der Waals surface area contributed by atoms with Crippen molar-refractivity contribution in [3.63, 3.8) is 0 Å². The van der Waals surface area contributed by atoms with Crippen LogP contribution in [0.2, 0.25) is 5.02 Å². The Morgan fingerprint density at radius 3 is 1.90 bits per heavy atom. The van der Waals surface area contributed by atoms with E-state index in [2.05, 4.69) is 20.6 Å². The maximum atomic E-state index is 12.7. The van der Waals surface area contributed by atoms with Gasteiger partial charge in [0.05, 0.1) is 5.69 Å². The predicted octanol–water partition coefficient (Wildman–Crippen LogP) is 5.33. The molecule has 1 heterocycles. The third kappa shape index (κ3) is 5.76. The molecule has 2 aromatic rings. The van der Waals surface area contributed by atoms with Crippen molar-refractivity contribution in [1.29, 1.82) is 0 Å². The molecule has 1 aromatic carbocycles. The minimum atomic E-state index is -0.608. The number of halogens is 1. The standard InChI is InChI=1S/C22H29ClN4O2/c1-8-15-16(13-9-11-14(23)12-10-13)17(25-18(28)21(2,3)4)26-20(24-15)27-19(29)22(5,6)7/h9-12H,8H2,1-7H3,(H2,24,25,26,27,28,29). The number of aryl methyl sites for hydroxylation is 1.